The number of rotatable bonds is 5. The molecule has 0 aliphatic carbocycles. The minimum absolute atomic E-state index is 0.224. The Bertz CT molecular complexity index is 904. The summed E-state index contributed by atoms with van der Waals surface area (Å²) in [5, 5.41) is 1.05. The summed E-state index contributed by atoms with van der Waals surface area (Å²) in [7, 11) is 0. The molecule has 8 heteroatoms. The first kappa shape index (κ1) is 15.7. The Morgan fingerprint density at radius 2 is 2.04 bits per heavy atom. The zero-order valence-electron chi connectivity index (χ0n) is 12.1. The number of anilines is 1. The number of halogens is 2. The van der Waals surface area contributed by atoms with Crippen LogP contribution >= 0.6 is 23.2 Å². The summed E-state index contributed by atoms with van der Waals surface area (Å²) in [6.07, 6.45) is 2.11. The third kappa shape index (κ3) is 3.28. The van der Waals surface area contributed by atoms with Crippen molar-refractivity contribution in [3.05, 3.63) is 57.2 Å². The number of ether oxygens (including phenoxy) is 1. The molecule has 0 radical (unpaired) electrons. The largest absolute Gasteiger partial charge is 0.492 e. The van der Waals surface area contributed by atoms with Gasteiger partial charge in [-0.3, -0.25) is 4.57 Å². The fourth-order valence-electron chi connectivity index (χ4n) is 2.22. The van der Waals surface area contributed by atoms with Crippen molar-refractivity contribution in [2.75, 3.05) is 12.3 Å². The van der Waals surface area contributed by atoms with Crippen LogP contribution in [0.3, 0.4) is 0 Å². The molecule has 0 unspecified atom stereocenters. The smallest absolute Gasteiger partial charge is 0.336 e. The molecule has 120 valence electrons. The Labute approximate surface area is 142 Å². The van der Waals surface area contributed by atoms with E-state index in [2.05, 4.69) is 4.98 Å². The normalized spacial score (nSPS) is 11.0. The van der Waals surface area contributed by atoms with E-state index in [4.69, 9.17) is 33.7 Å². The maximum Gasteiger partial charge on any atom is 0.336 e. The second-order valence-electron chi connectivity index (χ2n) is 4.95. The van der Waals surface area contributed by atoms with Gasteiger partial charge in [0, 0.05) is 17.6 Å². The van der Waals surface area contributed by atoms with Crippen LogP contribution in [0.1, 0.15) is 6.42 Å². The van der Waals surface area contributed by atoms with E-state index in [9.17, 15) is 4.79 Å². The van der Waals surface area contributed by atoms with Gasteiger partial charge in [-0.05, 0) is 30.7 Å². The van der Waals surface area contributed by atoms with Crippen LogP contribution in [-0.2, 0) is 6.54 Å². The van der Waals surface area contributed by atoms with Crippen molar-refractivity contribution in [3.8, 4) is 5.75 Å². The van der Waals surface area contributed by atoms with Gasteiger partial charge < -0.3 is 10.5 Å². The molecular formula is C15H14Cl2N4O2. The van der Waals surface area contributed by atoms with Crippen LogP contribution in [0.2, 0.25) is 10.0 Å². The van der Waals surface area contributed by atoms with E-state index in [-0.39, 0.29) is 5.69 Å². The first-order chi connectivity index (χ1) is 11.1. The van der Waals surface area contributed by atoms with Gasteiger partial charge in [-0.25, -0.2) is 14.2 Å². The number of benzene rings is 1. The number of hydrogen-bond donors (Lipinski definition) is 1. The number of hydrogen-bond acceptors (Lipinski definition) is 4. The van der Waals surface area contributed by atoms with Crippen LogP contribution < -0.4 is 16.2 Å². The first-order valence-corrected chi connectivity index (χ1v) is 7.72. The van der Waals surface area contributed by atoms with Gasteiger partial charge in [0.25, 0.3) is 0 Å². The van der Waals surface area contributed by atoms with Gasteiger partial charge in [-0.2, -0.15) is 0 Å². The van der Waals surface area contributed by atoms with E-state index in [1.165, 1.54) is 15.3 Å². The molecule has 0 saturated carbocycles. The summed E-state index contributed by atoms with van der Waals surface area (Å²) in [5.74, 6) is 0.892. The van der Waals surface area contributed by atoms with E-state index < -0.39 is 0 Å². The summed E-state index contributed by atoms with van der Waals surface area (Å²) >= 11 is 11.9. The summed E-state index contributed by atoms with van der Waals surface area (Å²) in [6.45, 7) is 0.850. The molecule has 1 aromatic carbocycles. The molecule has 0 spiro atoms. The summed E-state index contributed by atoms with van der Waals surface area (Å²) in [4.78, 5) is 16.5. The molecule has 3 rings (SSSR count). The lowest BCUT2D eigenvalue weighted by molar-refractivity contribution is 0.300. The molecule has 0 atom stereocenters. The van der Waals surface area contributed by atoms with Gasteiger partial charge >= 0.3 is 5.69 Å². The van der Waals surface area contributed by atoms with Crippen LogP contribution in [-0.4, -0.2) is 20.6 Å². The average molecular weight is 353 g/mol. The van der Waals surface area contributed by atoms with Crippen LogP contribution in [0.15, 0.2) is 41.5 Å². The van der Waals surface area contributed by atoms with Crippen molar-refractivity contribution in [2.24, 2.45) is 0 Å². The first-order valence-electron chi connectivity index (χ1n) is 6.96. The zero-order chi connectivity index (χ0) is 16.4. The summed E-state index contributed by atoms with van der Waals surface area (Å²) in [5.41, 5.74) is 6.07. The SMILES string of the molecule is Nc1ccc2ncn(CCCOc3cc(Cl)ccc3Cl)c(=O)n12. The minimum Gasteiger partial charge on any atom is -0.492 e. The van der Waals surface area contributed by atoms with E-state index in [0.717, 1.165) is 0 Å². The monoisotopic (exact) mass is 352 g/mol. The predicted octanol–water partition coefficient (Wildman–Crippen LogP) is 2.85. The molecule has 0 bridgehead atoms. The highest BCUT2D eigenvalue weighted by Crippen LogP contribution is 2.27. The highest BCUT2D eigenvalue weighted by molar-refractivity contribution is 6.34. The maximum atomic E-state index is 12.3. The van der Waals surface area contributed by atoms with E-state index in [1.807, 2.05) is 0 Å². The Hall–Kier alpha value is -2.18. The second-order valence-corrected chi connectivity index (χ2v) is 5.79. The van der Waals surface area contributed by atoms with Crippen LogP contribution in [0, 0.1) is 0 Å². The van der Waals surface area contributed by atoms with Gasteiger partial charge in [-0.15, -0.1) is 0 Å². The van der Waals surface area contributed by atoms with Crippen molar-refractivity contribution in [2.45, 2.75) is 13.0 Å². The van der Waals surface area contributed by atoms with Gasteiger partial charge in [0.1, 0.15) is 23.5 Å². The topological polar surface area (TPSA) is 74.5 Å². The molecule has 2 heterocycles. The molecule has 0 aliphatic rings. The standard InChI is InChI=1S/C15H14Cl2N4O2/c16-10-2-3-11(17)12(8-10)23-7-1-6-20-9-19-14-5-4-13(18)21(14)15(20)22/h2-5,8-9H,1,6-7,18H2. The van der Waals surface area contributed by atoms with Crippen LogP contribution in [0.25, 0.3) is 5.65 Å². The highest BCUT2D eigenvalue weighted by atomic mass is 35.5. The van der Waals surface area contributed by atoms with Crippen molar-refractivity contribution >= 4 is 34.7 Å². The molecule has 0 amide bonds. The van der Waals surface area contributed by atoms with Crippen LogP contribution in [0.5, 0.6) is 5.75 Å². The Morgan fingerprint density at radius 1 is 1.22 bits per heavy atom. The molecular weight excluding hydrogens is 339 g/mol. The molecule has 6 nitrogen and oxygen atoms in total. The van der Waals surface area contributed by atoms with E-state index >= 15 is 0 Å². The summed E-state index contributed by atoms with van der Waals surface area (Å²) in [6, 6.07) is 8.38. The Kier molecular flexibility index (Phi) is 4.45. The van der Waals surface area contributed by atoms with Crippen molar-refractivity contribution in [3.63, 3.8) is 0 Å². The van der Waals surface area contributed by atoms with Gasteiger partial charge in [0.2, 0.25) is 0 Å². The predicted molar refractivity (Wildman–Crippen MR) is 90.4 cm³/mol. The second kappa shape index (κ2) is 6.52. The fraction of sp³-hybridized carbons (Fsp3) is 0.200. The van der Waals surface area contributed by atoms with E-state index in [1.54, 1.807) is 30.3 Å². The molecule has 2 aromatic heterocycles. The quantitative estimate of drug-likeness (QED) is 0.716. The van der Waals surface area contributed by atoms with Gasteiger partial charge in [0.05, 0.1) is 11.6 Å². The lowest BCUT2D eigenvalue weighted by atomic mass is 10.3. The molecule has 23 heavy (non-hydrogen) atoms. The van der Waals surface area contributed by atoms with Crippen molar-refractivity contribution < 1.29 is 4.74 Å². The Balaban J connectivity index is 1.65. The number of aromatic nitrogens is 3. The fourth-order valence-corrected chi connectivity index (χ4v) is 2.55. The number of fused-ring (bicyclic) bond motifs is 1. The maximum absolute atomic E-state index is 12.3. The Morgan fingerprint density at radius 3 is 2.87 bits per heavy atom. The third-order valence-electron chi connectivity index (χ3n) is 3.35. The molecule has 2 N–H and O–H groups in total. The molecule has 0 aliphatic heterocycles. The number of nitrogen functional groups attached to an aromatic ring is 1. The zero-order valence-corrected chi connectivity index (χ0v) is 13.6. The minimum atomic E-state index is -0.224. The lowest BCUT2D eigenvalue weighted by Gasteiger charge is -2.09. The highest BCUT2D eigenvalue weighted by Gasteiger charge is 2.07. The molecule has 3 aromatic rings. The number of aryl methyl sites for hydroxylation is 1. The lowest BCUT2D eigenvalue weighted by Crippen LogP contribution is -2.28. The van der Waals surface area contributed by atoms with Gasteiger partial charge in [0.15, 0.2) is 0 Å². The third-order valence-corrected chi connectivity index (χ3v) is 3.90. The average Bonchev–Trinajstić information content (AvgIpc) is 2.91. The van der Waals surface area contributed by atoms with Crippen molar-refractivity contribution in [1.29, 1.82) is 0 Å². The number of nitrogens with zero attached hydrogens (tertiary/aromatic N) is 3. The van der Waals surface area contributed by atoms with Gasteiger partial charge in [-0.1, -0.05) is 23.2 Å². The van der Waals surface area contributed by atoms with Crippen LogP contribution in [0.4, 0.5) is 5.82 Å². The summed E-state index contributed by atoms with van der Waals surface area (Å²) < 4.78 is 8.45. The van der Waals surface area contributed by atoms with E-state index in [0.29, 0.717) is 46.8 Å². The number of nitrogens with two attached hydrogens (primary N) is 1. The molecule has 0 fully saturated rings. The van der Waals surface area contributed by atoms with Crippen molar-refractivity contribution in [1.82, 2.24) is 14.0 Å². The molecule has 0 saturated heterocycles.